The minimum atomic E-state index is 0.421. The quantitative estimate of drug-likeness (QED) is 0.222. The largest absolute Gasteiger partial charge is 0.190 e. The van der Waals surface area contributed by atoms with Crippen LogP contribution in [0.4, 0.5) is 0 Å². The molecule has 0 aliphatic rings. The zero-order valence-corrected chi connectivity index (χ0v) is 15.4. The highest BCUT2D eigenvalue weighted by molar-refractivity contribution is 8.14. The molecule has 0 radical (unpaired) electrons. The number of rotatable bonds is 15. The van der Waals surface area contributed by atoms with Crippen LogP contribution < -0.4 is 0 Å². The molecule has 122 valence electrons. The normalized spacial score (nSPS) is 14.3. The molecule has 0 N–H and O–H groups in total. The van der Waals surface area contributed by atoms with Crippen LogP contribution in [0.25, 0.3) is 0 Å². The van der Waals surface area contributed by atoms with E-state index in [2.05, 4.69) is 26.6 Å². The molecule has 0 aliphatic carbocycles. The molecule has 2 unspecified atom stereocenters. The third-order valence-corrected chi connectivity index (χ3v) is 6.69. The summed E-state index contributed by atoms with van der Waals surface area (Å²) in [6, 6.07) is 0. The van der Waals surface area contributed by atoms with Crippen LogP contribution in [0.5, 0.6) is 0 Å². The second-order valence-corrected chi connectivity index (χ2v) is 8.64. The average Bonchev–Trinajstić information content (AvgIpc) is 2.47. The van der Waals surface area contributed by atoms with Crippen LogP contribution in [0.15, 0.2) is 0 Å². The molecular formula is C19H40S. The first-order valence-corrected chi connectivity index (χ1v) is 10.8. The predicted molar refractivity (Wildman–Crippen MR) is 100 cm³/mol. The van der Waals surface area contributed by atoms with Crippen molar-refractivity contribution in [3.63, 3.8) is 0 Å². The molecule has 0 spiro atoms. The van der Waals surface area contributed by atoms with Crippen LogP contribution in [0.2, 0.25) is 0 Å². The van der Waals surface area contributed by atoms with Gasteiger partial charge in [-0.15, -0.1) is 0 Å². The van der Waals surface area contributed by atoms with Crippen LogP contribution in [0.1, 0.15) is 104 Å². The molecule has 0 amide bonds. The zero-order chi connectivity index (χ0) is 15.1. The molecule has 0 aromatic carbocycles. The highest BCUT2D eigenvalue weighted by atomic mass is 32.2. The minimum absolute atomic E-state index is 0.421. The van der Waals surface area contributed by atoms with E-state index in [0.717, 1.165) is 5.25 Å². The molecule has 1 heteroatoms. The lowest BCUT2D eigenvalue weighted by Gasteiger charge is -2.13. The SMILES string of the molecule is C=S(CCCCCCCCCCCCCC)C(C)CC. The van der Waals surface area contributed by atoms with Crippen LogP contribution in [0.3, 0.4) is 0 Å². The minimum Gasteiger partial charge on any atom is -0.190 e. The molecule has 0 saturated heterocycles. The van der Waals surface area contributed by atoms with Gasteiger partial charge >= 0.3 is 0 Å². The van der Waals surface area contributed by atoms with Crippen molar-refractivity contribution in [2.75, 3.05) is 5.75 Å². The van der Waals surface area contributed by atoms with E-state index in [1.165, 1.54) is 89.2 Å². The monoisotopic (exact) mass is 300 g/mol. The van der Waals surface area contributed by atoms with Gasteiger partial charge in [0.25, 0.3) is 0 Å². The first-order valence-electron chi connectivity index (χ1n) is 9.21. The summed E-state index contributed by atoms with van der Waals surface area (Å²) < 4.78 is 0. The molecule has 0 saturated carbocycles. The van der Waals surface area contributed by atoms with Crippen molar-refractivity contribution in [1.29, 1.82) is 0 Å². The van der Waals surface area contributed by atoms with Gasteiger partial charge in [-0.3, -0.25) is 0 Å². The van der Waals surface area contributed by atoms with Crippen LogP contribution >= 0.6 is 10.5 Å². The molecule has 2 atom stereocenters. The van der Waals surface area contributed by atoms with Crippen molar-refractivity contribution in [2.24, 2.45) is 0 Å². The van der Waals surface area contributed by atoms with E-state index in [1.807, 2.05) is 0 Å². The lowest BCUT2D eigenvalue weighted by atomic mass is 10.1. The third-order valence-electron chi connectivity index (χ3n) is 4.40. The summed E-state index contributed by atoms with van der Waals surface area (Å²) in [5.74, 6) is 5.69. The smallest absolute Gasteiger partial charge is 0.00390 e. The van der Waals surface area contributed by atoms with E-state index in [1.54, 1.807) is 0 Å². The highest BCUT2D eigenvalue weighted by Gasteiger charge is 2.01. The van der Waals surface area contributed by atoms with Gasteiger partial charge in [-0.25, -0.2) is 0 Å². The first-order chi connectivity index (χ1) is 9.72. The molecule has 0 bridgehead atoms. The van der Waals surface area contributed by atoms with Gasteiger partial charge in [0.2, 0.25) is 0 Å². The van der Waals surface area contributed by atoms with Crippen molar-refractivity contribution in [1.82, 2.24) is 0 Å². The maximum Gasteiger partial charge on any atom is -0.00390 e. The second-order valence-electron chi connectivity index (χ2n) is 6.35. The van der Waals surface area contributed by atoms with Crippen molar-refractivity contribution in [2.45, 2.75) is 109 Å². The van der Waals surface area contributed by atoms with Crippen molar-refractivity contribution < 1.29 is 0 Å². The third kappa shape index (κ3) is 13.2. The summed E-state index contributed by atoms with van der Waals surface area (Å²) in [7, 11) is 0.421. The fraction of sp³-hybridized carbons (Fsp3) is 0.947. The van der Waals surface area contributed by atoms with Crippen molar-refractivity contribution in [3.05, 3.63) is 0 Å². The maximum absolute atomic E-state index is 4.33. The van der Waals surface area contributed by atoms with Gasteiger partial charge in [0.1, 0.15) is 0 Å². The molecule has 0 aliphatic heterocycles. The summed E-state index contributed by atoms with van der Waals surface area (Å²) in [5, 5.41) is 0.836. The van der Waals surface area contributed by atoms with E-state index in [9.17, 15) is 0 Å². The molecule has 0 aromatic heterocycles. The lowest BCUT2D eigenvalue weighted by molar-refractivity contribution is 0.548. The van der Waals surface area contributed by atoms with E-state index in [-0.39, 0.29) is 0 Å². The Hall–Kier alpha value is 0.220. The number of hydrogen-bond acceptors (Lipinski definition) is 0. The van der Waals surface area contributed by atoms with Gasteiger partial charge in [-0.1, -0.05) is 97.3 Å². The molecule has 20 heavy (non-hydrogen) atoms. The Morgan fingerprint density at radius 1 is 0.700 bits per heavy atom. The standard InChI is InChI=1S/C19H40S/c1-5-7-8-9-10-11-12-13-14-15-16-17-18-20(4)19(3)6-2/h19H,4-18H2,1-3H3. The molecule has 0 nitrogen and oxygen atoms in total. The van der Waals surface area contributed by atoms with Gasteiger partial charge < -0.3 is 0 Å². The summed E-state index contributed by atoms with van der Waals surface area (Å²) >= 11 is 0. The predicted octanol–water partition coefficient (Wildman–Crippen LogP) is 7.19. The fourth-order valence-electron chi connectivity index (χ4n) is 2.57. The fourth-order valence-corrected chi connectivity index (χ4v) is 4.01. The Kier molecular flexibility index (Phi) is 15.8. The Morgan fingerprint density at radius 2 is 1.10 bits per heavy atom. The van der Waals surface area contributed by atoms with Crippen LogP contribution in [-0.2, 0) is 0 Å². The summed E-state index contributed by atoms with van der Waals surface area (Å²) in [5.41, 5.74) is 0. The van der Waals surface area contributed by atoms with Crippen molar-refractivity contribution in [3.8, 4) is 0 Å². The van der Waals surface area contributed by atoms with Gasteiger partial charge in [0.05, 0.1) is 0 Å². The number of hydrogen-bond donors (Lipinski definition) is 0. The Balaban J connectivity index is 3.11. The lowest BCUT2D eigenvalue weighted by Crippen LogP contribution is -1.98. The Bertz CT molecular complexity index is 210. The van der Waals surface area contributed by atoms with E-state index in [4.69, 9.17) is 0 Å². The van der Waals surface area contributed by atoms with Gasteiger partial charge in [0, 0.05) is 0 Å². The summed E-state index contributed by atoms with van der Waals surface area (Å²) in [6.45, 7) is 6.94. The molecule has 0 aromatic rings. The molecular weight excluding hydrogens is 260 g/mol. The summed E-state index contributed by atoms with van der Waals surface area (Å²) in [6.07, 6.45) is 18.7. The number of unbranched alkanes of at least 4 members (excludes halogenated alkanes) is 11. The van der Waals surface area contributed by atoms with Crippen LogP contribution in [-0.4, -0.2) is 16.9 Å². The highest BCUT2D eigenvalue weighted by Crippen LogP contribution is 2.22. The topological polar surface area (TPSA) is 0 Å². The average molecular weight is 301 g/mol. The van der Waals surface area contributed by atoms with Gasteiger partial charge in [0.15, 0.2) is 0 Å². The second kappa shape index (κ2) is 15.6. The van der Waals surface area contributed by atoms with E-state index in [0.29, 0.717) is 10.5 Å². The molecule has 0 rings (SSSR count). The Labute approximate surface area is 132 Å². The van der Waals surface area contributed by atoms with E-state index < -0.39 is 0 Å². The summed E-state index contributed by atoms with van der Waals surface area (Å²) in [4.78, 5) is 0. The van der Waals surface area contributed by atoms with Crippen molar-refractivity contribution >= 4 is 16.4 Å². The zero-order valence-electron chi connectivity index (χ0n) is 14.6. The van der Waals surface area contributed by atoms with Gasteiger partial charge in [-0.2, -0.15) is 10.5 Å². The molecule has 0 heterocycles. The van der Waals surface area contributed by atoms with Gasteiger partial charge in [-0.05, 0) is 23.8 Å². The maximum atomic E-state index is 4.33. The van der Waals surface area contributed by atoms with E-state index >= 15 is 0 Å². The Morgan fingerprint density at radius 3 is 1.50 bits per heavy atom. The van der Waals surface area contributed by atoms with Crippen LogP contribution in [0, 0.1) is 0 Å². The molecule has 0 fully saturated rings. The first kappa shape index (κ1) is 20.2.